The van der Waals surface area contributed by atoms with E-state index in [1.165, 1.54) is 17.3 Å². The lowest BCUT2D eigenvalue weighted by molar-refractivity contribution is 0.173. The Morgan fingerprint density at radius 3 is 2.69 bits per heavy atom. The predicted molar refractivity (Wildman–Crippen MR) is 121 cm³/mol. The molecule has 0 fully saturated rings. The number of benzene rings is 3. The Morgan fingerprint density at radius 2 is 1.75 bits per heavy atom. The molecule has 158 valence electrons. The molecule has 8 heteroatoms. The van der Waals surface area contributed by atoms with Gasteiger partial charge in [-0.25, -0.2) is 0 Å². The highest BCUT2D eigenvalue weighted by atomic mass is 32.2. The summed E-state index contributed by atoms with van der Waals surface area (Å²) in [5, 5.41) is 12.9. The highest BCUT2D eigenvalue weighted by molar-refractivity contribution is 7.98. The predicted octanol–water partition coefficient (Wildman–Crippen LogP) is 5.06. The lowest BCUT2D eigenvalue weighted by Crippen LogP contribution is -2.17. The van der Waals surface area contributed by atoms with Crippen molar-refractivity contribution in [1.29, 1.82) is 0 Å². The summed E-state index contributed by atoms with van der Waals surface area (Å²) >= 11 is 1.53. The standard InChI is InChI=1S/C24H18N4O3S/c1-2-6-15(7-3-1)13-32-24-26-23-21(27-28-24)17-8-4-5-9-18(17)25-22(31-23)16-10-11-19-20(12-16)30-14-29-19/h1-12,22,25H,13-14H2/t22-/m1/s1. The van der Waals surface area contributed by atoms with E-state index >= 15 is 0 Å². The topological polar surface area (TPSA) is 78.4 Å². The van der Waals surface area contributed by atoms with E-state index in [1.807, 2.05) is 60.7 Å². The minimum absolute atomic E-state index is 0.225. The number of hydrogen-bond acceptors (Lipinski definition) is 8. The molecule has 1 N–H and O–H groups in total. The minimum Gasteiger partial charge on any atom is -0.454 e. The third-order valence-electron chi connectivity index (χ3n) is 5.24. The van der Waals surface area contributed by atoms with E-state index in [0.717, 1.165) is 28.3 Å². The van der Waals surface area contributed by atoms with Gasteiger partial charge in [-0.2, -0.15) is 4.98 Å². The van der Waals surface area contributed by atoms with Crippen LogP contribution in [0.2, 0.25) is 0 Å². The number of nitrogens with zero attached hydrogens (tertiary/aromatic N) is 3. The van der Waals surface area contributed by atoms with Crippen LogP contribution in [-0.4, -0.2) is 22.0 Å². The van der Waals surface area contributed by atoms with Gasteiger partial charge < -0.3 is 19.5 Å². The number of fused-ring (bicyclic) bond motifs is 4. The average molecular weight is 443 g/mol. The molecule has 0 saturated carbocycles. The van der Waals surface area contributed by atoms with Crippen molar-refractivity contribution in [2.24, 2.45) is 0 Å². The maximum atomic E-state index is 6.34. The van der Waals surface area contributed by atoms with Crippen LogP contribution in [0.1, 0.15) is 17.4 Å². The molecular formula is C24H18N4O3S. The zero-order valence-corrected chi connectivity index (χ0v) is 17.7. The second kappa shape index (κ2) is 8.05. The summed E-state index contributed by atoms with van der Waals surface area (Å²) in [4.78, 5) is 4.71. The normalized spacial score (nSPS) is 15.7. The molecule has 2 aliphatic heterocycles. The summed E-state index contributed by atoms with van der Waals surface area (Å²) in [6, 6.07) is 23.9. The molecule has 1 aromatic heterocycles. The average Bonchev–Trinajstić information content (AvgIpc) is 3.25. The summed E-state index contributed by atoms with van der Waals surface area (Å²) < 4.78 is 17.3. The Hall–Kier alpha value is -3.78. The Balaban J connectivity index is 1.35. The number of thioether (sulfide) groups is 1. The molecule has 0 radical (unpaired) electrons. The van der Waals surface area contributed by atoms with Crippen molar-refractivity contribution in [3.05, 3.63) is 83.9 Å². The summed E-state index contributed by atoms with van der Waals surface area (Å²) in [5.74, 6) is 2.62. The molecule has 0 saturated heterocycles. The Bertz CT molecular complexity index is 1290. The SMILES string of the molecule is c1ccc(CSc2nnc3c(n2)O[C@H](c2ccc4c(c2)OCO4)Nc2ccccc2-3)cc1. The number of ether oxygens (including phenoxy) is 3. The molecule has 32 heavy (non-hydrogen) atoms. The van der Waals surface area contributed by atoms with Crippen LogP contribution in [0.4, 0.5) is 5.69 Å². The van der Waals surface area contributed by atoms with Crippen LogP contribution in [0.3, 0.4) is 0 Å². The number of aromatic nitrogens is 3. The molecule has 3 heterocycles. The molecule has 4 aromatic rings. The van der Waals surface area contributed by atoms with Gasteiger partial charge in [0.05, 0.1) is 0 Å². The number of anilines is 1. The number of rotatable bonds is 4. The van der Waals surface area contributed by atoms with Crippen molar-refractivity contribution >= 4 is 17.4 Å². The number of hydrogen-bond donors (Lipinski definition) is 1. The second-order valence-electron chi connectivity index (χ2n) is 7.32. The molecule has 1 atom stereocenters. The third kappa shape index (κ3) is 3.58. The van der Waals surface area contributed by atoms with Gasteiger partial charge in [-0.1, -0.05) is 60.3 Å². The smallest absolute Gasteiger partial charge is 0.247 e. The lowest BCUT2D eigenvalue weighted by atomic mass is 10.1. The van der Waals surface area contributed by atoms with E-state index in [1.54, 1.807) is 0 Å². The van der Waals surface area contributed by atoms with Crippen molar-refractivity contribution in [3.8, 4) is 28.6 Å². The maximum absolute atomic E-state index is 6.34. The maximum Gasteiger partial charge on any atom is 0.247 e. The zero-order valence-electron chi connectivity index (χ0n) is 16.9. The molecular weight excluding hydrogens is 424 g/mol. The first-order chi connectivity index (χ1) is 15.8. The highest BCUT2D eigenvalue weighted by Crippen LogP contribution is 2.41. The first-order valence-electron chi connectivity index (χ1n) is 10.2. The van der Waals surface area contributed by atoms with E-state index in [2.05, 4.69) is 27.6 Å². The van der Waals surface area contributed by atoms with E-state index in [0.29, 0.717) is 22.5 Å². The van der Waals surface area contributed by atoms with E-state index in [-0.39, 0.29) is 6.79 Å². The van der Waals surface area contributed by atoms with Crippen molar-refractivity contribution in [1.82, 2.24) is 15.2 Å². The molecule has 0 spiro atoms. The molecule has 0 bridgehead atoms. The first-order valence-corrected chi connectivity index (χ1v) is 11.2. The van der Waals surface area contributed by atoms with E-state index < -0.39 is 6.23 Å². The Morgan fingerprint density at radius 1 is 0.906 bits per heavy atom. The fourth-order valence-corrected chi connectivity index (χ4v) is 4.39. The zero-order chi connectivity index (χ0) is 21.3. The molecule has 0 aliphatic carbocycles. The van der Waals surface area contributed by atoms with Crippen LogP contribution in [-0.2, 0) is 5.75 Å². The van der Waals surface area contributed by atoms with Gasteiger partial charge in [0, 0.05) is 22.6 Å². The summed E-state index contributed by atoms with van der Waals surface area (Å²) in [6.07, 6.45) is -0.476. The molecule has 0 amide bonds. The van der Waals surface area contributed by atoms with Crippen LogP contribution in [0.15, 0.2) is 78.0 Å². The number of nitrogens with one attached hydrogen (secondary N) is 1. The first kappa shape index (κ1) is 18.9. The van der Waals surface area contributed by atoms with Gasteiger partial charge in [0.15, 0.2) is 23.4 Å². The van der Waals surface area contributed by atoms with Gasteiger partial charge in [0.1, 0.15) is 0 Å². The van der Waals surface area contributed by atoms with Crippen molar-refractivity contribution in [3.63, 3.8) is 0 Å². The Kier molecular flexibility index (Phi) is 4.77. The second-order valence-corrected chi connectivity index (χ2v) is 8.27. The third-order valence-corrected chi connectivity index (χ3v) is 6.15. The summed E-state index contributed by atoms with van der Waals surface area (Å²) in [5.41, 5.74) is 4.50. The molecule has 2 aliphatic rings. The molecule has 7 nitrogen and oxygen atoms in total. The van der Waals surface area contributed by atoms with Gasteiger partial charge in [-0.05, 0) is 29.8 Å². The van der Waals surface area contributed by atoms with Crippen LogP contribution in [0.25, 0.3) is 11.3 Å². The molecule has 6 rings (SSSR count). The van der Waals surface area contributed by atoms with Crippen molar-refractivity contribution < 1.29 is 14.2 Å². The van der Waals surface area contributed by atoms with Crippen molar-refractivity contribution in [2.75, 3.05) is 12.1 Å². The van der Waals surface area contributed by atoms with Gasteiger partial charge in [0.25, 0.3) is 0 Å². The summed E-state index contributed by atoms with van der Waals surface area (Å²) in [7, 11) is 0. The fraction of sp³-hybridized carbons (Fsp3) is 0.125. The molecule has 0 unspecified atom stereocenters. The van der Waals surface area contributed by atoms with Gasteiger partial charge in [-0.3, -0.25) is 0 Å². The highest BCUT2D eigenvalue weighted by Gasteiger charge is 2.27. The summed E-state index contributed by atoms with van der Waals surface area (Å²) in [6.45, 7) is 0.225. The fourth-order valence-electron chi connectivity index (χ4n) is 3.66. The largest absolute Gasteiger partial charge is 0.454 e. The van der Waals surface area contributed by atoms with Crippen LogP contribution in [0, 0.1) is 0 Å². The lowest BCUT2D eigenvalue weighted by Gasteiger charge is -2.19. The van der Waals surface area contributed by atoms with Crippen LogP contribution < -0.4 is 19.5 Å². The quantitative estimate of drug-likeness (QED) is 0.439. The van der Waals surface area contributed by atoms with E-state index in [9.17, 15) is 0 Å². The number of para-hydroxylation sites is 1. The monoisotopic (exact) mass is 442 g/mol. The van der Waals surface area contributed by atoms with Gasteiger partial charge in [-0.15, -0.1) is 10.2 Å². The van der Waals surface area contributed by atoms with Gasteiger partial charge in [0.2, 0.25) is 17.8 Å². The van der Waals surface area contributed by atoms with E-state index in [4.69, 9.17) is 19.2 Å². The van der Waals surface area contributed by atoms with Crippen molar-refractivity contribution in [2.45, 2.75) is 17.1 Å². The Labute approximate surface area is 188 Å². The minimum atomic E-state index is -0.476. The van der Waals surface area contributed by atoms with Crippen LogP contribution in [0.5, 0.6) is 17.4 Å². The van der Waals surface area contributed by atoms with Crippen LogP contribution >= 0.6 is 11.8 Å². The van der Waals surface area contributed by atoms with Gasteiger partial charge >= 0.3 is 0 Å². The molecule has 3 aromatic carbocycles.